The Morgan fingerprint density at radius 2 is 2.00 bits per heavy atom. The molecule has 0 aliphatic carbocycles. The number of carbonyl (C=O) groups excluding carboxylic acids is 1. The fourth-order valence-corrected chi connectivity index (χ4v) is 2.97. The van der Waals surface area contributed by atoms with Gasteiger partial charge in [0.25, 0.3) is 0 Å². The number of anilines is 2. The molecule has 0 aliphatic rings. The van der Waals surface area contributed by atoms with Crippen LogP contribution in [0.25, 0.3) is 11.3 Å². The Hall–Kier alpha value is -2.73. The van der Waals surface area contributed by atoms with Crippen LogP contribution < -0.4 is 10.6 Å². The molecule has 2 N–H and O–H groups in total. The second kappa shape index (κ2) is 7.23. The van der Waals surface area contributed by atoms with Gasteiger partial charge in [0.2, 0.25) is 5.91 Å². The molecule has 6 heteroatoms. The lowest BCUT2D eigenvalue weighted by atomic mass is 10.1. The van der Waals surface area contributed by atoms with Gasteiger partial charge in [-0.3, -0.25) is 4.79 Å². The molecule has 1 amide bonds. The third-order valence-corrected chi connectivity index (χ3v) is 4.16. The van der Waals surface area contributed by atoms with Crippen molar-refractivity contribution in [1.82, 2.24) is 4.98 Å². The first kappa shape index (κ1) is 16.1. The molecule has 0 atom stereocenters. The largest absolute Gasteiger partial charge is 0.357 e. The highest BCUT2D eigenvalue weighted by Gasteiger charge is 2.10. The quantitative estimate of drug-likeness (QED) is 0.717. The van der Waals surface area contributed by atoms with Gasteiger partial charge in [-0.1, -0.05) is 30.3 Å². The van der Waals surface area contributed by atoms with Gasteiger partial charge in [-0.2, -0.15) is 0 Å². The number of nitrogens with one attached hydrogen (secondary N) is 2. The van der Waals surface area contributed by atoms with Crippen molar-refractivity contribution in [2.45, 2.75) is 13.5 Å². The van der Waals surface area contributed by atoms with Crippen LogP contribution in [0.5, 0.6) is 0 Å². The van der Waals surface area contributed by atoms with Crippen molar-refractivity contribution in [2.24, 2.45) is 0 Å². The van der Waals surface area contributed by atoms with E-state index < -0.39 is 5.82 Å². The third-order valence-electron chi connectivity index (χ3n) is 3.36. The summed E-state index contributed by atoms with van der Waals surface area (Å²) in [5.74, 6) is -0.649. The van der Waals surface area contributed by atoms with Gasteiger partial charge in [-0.15, -0.1) is 11.3 Å². The molecule has 0 saturated carbocycles. The minimum Gasteiger partial charge on any atom is -0.357 e. The van der Waals surface area contributed by atoms with Gasteiger partial charge >= 0.3 is 0 Å². The first-order valence-corrected chi connectivity index (χ1v) is 8.30. The monoisotopic (exact) mass is 341 g/mol. The molecule has 0 spiro atoms. The van der Waals surface area contributed by atoms with Crippen LogP contribution in [0.4, 0.5) is 15.2 Å². The Balaban J connectivity index is 1.72. The summed E-state index contributed by atoms with van der Waals surface area (Å²) >= 11 is 1.43. The predicted octanol–water partition coefficient (Wildman–Crippen LogP) is 4.52. The number of hydrogen-bond donors (Lipinski definition) is 2. The number of aromatic nitrogens is 1. The van der Waals surface area contributed by atoms with Crippen molar-refractivity contribution in [3.05, 3.63) is 65.3 Å². The summed E-state index contributed by atoms with van der Waals surface area (Å²) in [7, 11) is 0. The van der Waals surface area contributed by atoms with E-state index in [9.17, 15) is 9.18 Å². The number of thiazole rings is 1. The summed E-state index contributed by atoms with van der Waals surface area (Å²) in [6, 6.07) is 14.6. The van der Waals surface area contributed by atoms with Crippen molar-refractivity contribution < 1.29 is 9.18 Å². The molecule has 1 heterocycles. The van der Waals surface area contributed by atoms with E-state index in [4.69, 9.17) is 0 Å². The molecule has 3 rings (SSSR count). The van der Waals surface area contributed by atoms with Gasteiger partial charge in [0.05, 0.1) is 5.69 Å². The Morgan fingerprint density at radius 1 is 1.21 bits per heavy atom. The van der Waals surface area contributed by atoms with Gasteiger partial charge in [-0.25, -0.2) is 9.37 Å². The van der Waals surface area contributed by atoms with Crippen LogP contribution in [0, 0.1) is 5.82 Å². The molecule has 122 valence electrons. The number of hydrogen-bond acceptors (Lipinski definition) is 4. The molecule has 4 nitrogen and oxygen atoms in total. The second-order valence-corrected chi connectivity index (χ2v) is 6.11. The van der Waals surface area contributed by atoms with Gasteiger partial charge in [-0.05, 0) is 23.8 Å². The van der Waals surface area contributed by atoms with Crippen molar-refractivity contribution in [3.8, 4) is 11.3 Å². The Bertz CT molecular complexity index is 848. The standard InChI is InChI=1S/C18H16FN3OS/c1-12(23)21-14-7-8-15(16(19)9-14)17-11-24-18(22-17)20-10-13-5-3-2-4-6-13/h2-9,11H,10H2,1H3,(H,20,22)(H,21,23). The average molecular weight is 341 g/mol. The SMILES string of the molecule is CC(=O)Nc1ccc(-c2csc(NCc3ccccc3)n2)c(F)c1. The molecule has 0 unspecified atom stereocenters. The van der Waals surface area contributed by atoms with Crippen LogP contribution in [-0.2, 0) is 11.3 Å². The van der Waals surface area contributed by atoms with Gasteiger partial charge < -0.3 is 10.6 Å². The van der Waals surface area contributed by atoms with E-state index >= 15 is 0 Å². The molecule has 1 aromatic heterocycles. The normalized spacial score (nSPS) is 10.4. The molecule has 0 bridgehead atoms. The highest BCUT2D eigenvalue weighted by atomic mass is 32.1. The zero-order valence-electron chi connectivity index (χ0n) is 13.0. The maximum absolute atomic E-state index is 14.2. The van der Waals surface area contributed by atoms with E-state index in [1.807, 2.05) is 35.7 Å². The van der Waals surface area contributed by atoms with Gasteiger partial charge in [0, 0.05) is 30.1 Å². The summed E-state index contributed by atoms with van der Waals surface area (Å²) in [5.41, 5.74) is 2.57. The topological polar surface area (TPSA) is 54.0 Å². The first-order chi connectivity index (χ1) is 11.6. The van der Waals surface area contributed by atoms with Crippen LogP contribution in [-0.4, -0.2) is 10.9 Å². The Kier molecular flexibility index (Phi) is 4.86. The summed E-state index contributed by atoms with van der Waals surface area (Å²) in [4.78, 5) is 15.4. The van der Waals surface area contributed by atoms with E-state index in [0.717, 1.165) is 10.7 Å². The number of rotatable bonds is 5. The molecular formula is C18H16FN3OS. The number of carbonyl (C=O) groups is 1. The van der Waals surface area contributed by atoms with Crippen LogP contribution >= 0.6 is 11.3 Å². The van der Waals surface area contributed by atoms with Gasteiger partial charge in [0.1, 0.15) is 5.82 Å². The predicted molar refractivity (Wildman–Crippen MR) is 95.6 cm³/mol. The number of nitrogens with zero attached hydrogens (tertiary/aromatic N) is 1. The van der Waals surface area contributed by atoms with Crippen molar-refractivity contribution in [1.29, 1.82) is 0 Å². The molecular weight excluding hydrogens is 325 g/mol. The lowest BCUT2D eigenvalue weighted by Gasteiger charge is -2.05. The fraction of sp³-hybridized carbons (Fsp3) is 0.111. The summed E-state index contributed by atoms with van der Waals surface area (Å²) < 4.78 is 14.2. The van der Waals surface area contributed by atoms with E-state index in [-0.39, 0.29) is 5.91 Å². The second-order valence-electron chi connectivity index (χ2n) is 5.25. The third kappa shape index (κ3) is 3.97. The fourth-order valence-electron chi connectivity index (χ4n) is 2.26. The first-order valence-electron chi connectivity index (χ1n) is 7.42. The zero-order valence-corrected chi connectivity index (χ0v) is 13.9. The minimum atomic E-state index is -0.416. The van der Waals surface area contributed by atoms with Crippen LogP contribution in [0.15, 0.2) is 53.9 Å². The van der Waals surface area contributed by atoms with E-state index in [1.54, 1.807) is 12.1 Å². The smallest absolute Gasteiger partial charge is 0.221 e. The van der Waals surface area contributed by atoms with Crippen molar-refractivity contribution in [3.63, 3.8) is 0 Å². The molecule has 0 saturated heterocycles. The van der Waals surface area contributed by atoms with Crippen LogP contribution in [0.2, 0.25) is 0 Å². The molecule has 2 aromatic carbocycles. The zero-order chi connectivity index (χ0) is 16.9. The average Bonchev–Trinajstić information content (AvgIpc) is 3.02. The van der Waals surface area contributed by atoms with Crippen molar-refractivity contribution >= 4 is 28.1 Å². The maximum Gasteiger partial charge on any atom is 0.221 e. The summed E-state index contributed by atoms with van der Waals surface area (Å²) in [6.45, 7) is 2.05. The number of halogens is 1. The highest BCUT2D eigenvalue weighted by molar-refractivity contribution is 7.14. The molecule has 0 fully saturated rings. The highest BCUT2D eigenvalue weighted by Crippen LogP contribution is 2.28. The van der Waals surface area contributed by atoms with E-state index in [2.05, 4.69) is 15.6 Å². The minimum absolute atomic E-state index is 0.233. The Labute approximate surface area is 143 Å². The van der Waals surface area contributed by atoms with E-state index in [1.165, 1.54) is 24.3 Å². The number of benzene rings is 2. The van der Waals surface area contributed by atoms with Crippen molar-refractivity contribution in [2.75, 3.05) is 10.6 Å². The lowest BCUT2D eigenvalue weighted by Crippen LogP contribution is -2.06. The Morgan fingerprint density at radius 3 is 2.71 bits per heavy atom. The molecule has 0 aliphatic heterocycles. The summed E-state index contributed by atoms with van der Waals surface area (Å²) in [5, 5.41) is 8.34. The lowest BCUT2D eigenvalue weighted by molar-refractivity contribution is -0.114. The molecule has 3 aromatic rings. The van der Waals surface area contributed by atoms with E-state index in [0.29, 0.717) is 23.5 Å². The number of amides is 1. The van der Waals surface area contributed by atoms with Crippen LogP contribution in [0.1, 0.15) is 12.5 Å². The van der Waals surface area contributed by atoms with Crippen LogP contribution in [0.3, 0.4) is 0 Å². The van der Waals surface area contributed by atoms with Gasteiger partial charge in [0.15, 0.2) is 5.13 Å². The molecule has 24 heavy (non-hydrogen) atoms. The molecule has 0 radical (unpaired) electrons. The summed E-state index contributed by atoms with van der Waals surface area (Å²) in [6.07, 6.45) is 0. The maximum atomic E-state index is 14.2.